The summed E-state index contributed by atoms with van der Waals surface area (Å²) in [5.74, 6) is -0.827. The van der Waals surface area contributed by atoms with Gasteiger partial charge in [0.2, 0.25) is 5.91 Å². The van der Waals surface area contributed by atoms with Crippen molar-refractivity contribution in [2.45, 2.75) is 0 Å². The van der Waals surface area contributed by atoms with Gasteiger partial charge >= 0.3 is 5.97 Å². The van der Waals surface area contributed by atoms with E-state index in [9.17, 15) is 14.7 Å². The highest BCUT2D eigenvalue weighted by molar-refractivity contribution is 5.96. The molecule has 4 rings (SSSR count). The normalized spacial score (nSPS) is 25.4. The van der Waals surface area contributed by atoms with Crippen LogP contribution in [0.15, 0.2) is 49.2 Å². The summed E-state index contributed by atoms with van der Waals surface area (Å²) in [7, 11) is 0. The molecule has 2 fully saturated rings. The van der Waals surface area contributed by atoms with E-state index in [2.05, 4.69) is 11.6 Å². The molecule has 1 aromatic heterocycles. The van der Waals surface area contributed by atoms with Gasteiger partial charge in [-0.2, -0.15) is 0 Å². The van der Waals surface area contributed by atoms with Crippen LogP contribution in [0, 0.1) is 11.3 Å². The number of likely N-dealkylation sites (tertiary alicyclic amines) is 1. The first-order valence-corrected chi connectivity index (χ1v) is 8.28. The zero-order valence-electron chi connectivity index (χ0n) is 13.8. The molecule has 0 unspecified atom stereocenters. The number of carboxylic acid groups (broad SMARTS) is 1. The second-order valence-corrected chi connectivity index (χ2v) is 6.76. The molecule has 2 aromatic rings. The Hall–Kier alpha value is -2.89. The first-order valence-electron chi connectivity index (χ1n) is 8.28. The van der Waals surface area contributed by atoms with Crippen LogP contribution < -0.4 is 4.90 Å². The van der Waals surface area contributed by atoms with E-state index in [0.717, 1.165) is 16.6 Å². The lowest BCUT2D eigenvalue weighted by molar-refractivity contribution is -0.149. The number of hydrogen-bond acceptors (Lipinski definition) is 4. The van der Waals surface area contributed by atoms with Gasteiger partial charge in [-0.05, 0) is 11.5 Å². The fraction of sp³-hybridized carbons (Fsp3) is 0.316. The van der Waals surface area contributed by atoms with Crippen molar-refractivity contribution in [1.82, 2.24) is 9.88 Å². The molecular weight excluding hydrogens is 318 g/mol. The fourth-order valence-electron chi connectivity index (χ4n) is 4.14. The molecule has 0 spiro atoms. The molecule has 128 valence electrons. The highest BCUT2D eigenvalue weighted by Crippen LogP contribution is 2.45. The first kappa shape index (κ1) is 15.6. The Morgan fingerprint density at radius 1 is 1.36 bits per heavy atom. The predicted octanol–water partition coefficient (Wildman–Crippen LogP) is 1.77. The Kier molecular flexibility index (Phi) is 3.49. The van der Waals surface area contributed by atoms with Gasteiger partial charge in [0.1, 0.15) is 11.2 Å². The topological polar surface area (TPSA) is 73.7 Å². The number of pyridine rings is 1. The minimum atomic E-state index is -1.08. The average molecular weight is 337 g/mol. The Bertz CT molecular complexity index is 876. The molecule has 2 atom stereocenters. The molecule has 1 amide bonds. The summed E-state index contributed by atoms with van der Waals surface area (Å²) in [5.41, 5.74) is -1.08. The summed E-state index contributed by atoms with van der Waals surface area (Å²) in [6.07, 6.45) is 3.36. The predicted molar refractivity (Wildman–Crippen MR) is 94.3 cm³/mol. The van der Waals surface area contributed by atoms with E-state index >= 15 is 0 Å². The molecular formula is C19H19N3O3. The van der Waals surface area contributed by atoms with Crippen molar-refractivity contribution in [3.8, 4) is 0 Å². The van der Waals surface area contributed by atoms with E-state index in [1.54, 1.807) is 17.2 Å². The molecule has 1 N–H and O–H groups in total. The van der Waals surface area contributed by atoms with E-state index in [4.69, 9.17) is 0 Å². The Balaban J connectivity index is 1.73. The van der Waals surface area contributed by atoms with Gasteiger partial charge in [0, 0.05) is 37.8 Å². The third kappa shape index (κ3) is 2.21. The second kappa shape index (κ2) is 5.58. The molecule has 0 aliphatic carbocycles. The van der Waals surface area contributed by atoms with Gasteiger partial charge in [-0.25, -0.2) is 4.98 Å². The molecule has 0 bridgehead atoms. The van der Waals surface area contributed by atoms with Gasteiger partial charge in [-0.3, -0.25) is 9.59 Å². The van der Waals surface area contributed by atoms with Gasteiger partial charge < -0.3 is 14.9 Å². The number of anilines is 1. The van der Waals surface area contributed by atoms with E-state index in [1.165, 1.54) is 0 Å². The summed E-state index contributed by atoms with van der Waals surface area (Å²) in [5, 5.41) is 11.9. The van der Waals surface area contributed by atoms with Crippen molar-refractivity contribution in [3.63, 3.8) is 0 Å². The summed E-state index contributed by atoms with van der Waals surface area (Å²) >= 11 is 0. The van der Waals surface area contributed by atoms with Crippen molar-refractivity contribution in [3.05, 3.63) is 49.2 Å². The van der Waals surface area contributed by atoms with Gasteiger partial charge in [0.15, 0.2) is 0 Å². The molecule has 2 aliphatic rings. The number of aliphatic carboxylic acids is 1. The lowest BCUT2D eigenvalue weighted by atomic mass is 9.81. The third-order valence-electron chi connectivity index (χ3n) is 5.35. The molecule has 1 aromatic carbocycles. The molecule has 6 heteroatoms. The minimum Gasteiger partial charge on any atom is -0.481 e. The molecule has 2 aliphatic heterocycles. The van der Waals surface area contributed by atoms with Crippen LogP contribution in [0.25, 0.3) is 10.8 Å². The number of nitrogens with zero attached hydrogens (tertiary/aromatic N) is 3. The quantitative estimate of drug-likeness (QED) is 0.861. The van der Waals surface area contributed by atoms with Crippen molar-refractivity contribution in [1.29, 1.82) is 0 Å². The molecule has 6 nitrogen and oxygen atoms in total. The van der Waals surface area contributed by atoms with Crippen LogP contribution in [0.5, 0.6) is 0 Å². The van der Waals surface area contributed by atoms with Crippen molar-refractivity contribution in [2.24, 2.45) is 11.3 Å². The number of carbonyl (C=O) groups excluding carboxylic acids is 1. The van der Waals surface area contributed by atoms with Crippen LogP contribution in [-0.4, -0.2) is 53.0 Å². The number of benzene rings is 1. The lowest BCUT2D eigenvalue weighted by Crippen LogP contribution is -2.41. The monoisotopic (exact) mass is 337 g/mol. The molecule has 3 heterocycles. The zero-order chi connectivity index (χ0) is 17.6. The Morgan fingerprint density at radius 3 is 2.88 bits per heavy atom. The number of aromatic nitrogens is 1. The standard InChI is InChI=1S/C19H19N3O3/c1-2-9-21-11-19(18(24)25)12-22(10-15(19)17(21)23)16-14-6-4-3-5-13(14)7-8-20-16/h2-8,15H,1,9-12H2,(H,24,25)/t15-,19+/m0/s1. The Morgan fingerprint density at radius 2 is 2.16 bits per heavy atom. The van der Waals surface area contributed by atoms with Crippen molar-refractivity contribution >= 4 is 28.5 Å². The van der Waals surface area contributed by atoms with Crippen molar-refractivity contribution < 1.29 is 14.7 Å². The van der Waals surface area contributed by atoms with Crippen LogP contribution >= 0.6 is 0 Å². The minimum absolute atomic E-state index is 0.106. The van der Waals surface area contributed by atoms with E-state index in [1.807, 2.05) is 35.2 Å². The summed E-state index contributed by atoms with van der Waals surface area (Å²) in [6, 6.07) is 9.81. The van der Waals surface area contributed by atoms with E-state index in [-0.39, 0.29) is 19.0 Å². The molecule has 0 radical (unpaired) electrons. The van der Waals surface area contributed by atoms with Gasteiger partial charge in [0.05, 0.1) is 5.92 Å². The highest BCUT2D eigenvalue weighted by atomic mass is 16.4. The van der Waals surface area contributed by atoms with Crippen LogP contribution in [0.3, 0.4) is 0 Å². The van der Waals surface area contributed by atoms with Gasteiger partial charge in [0.25, 0.3) is 0 Å². The maximum Gasteiger partial charge on any atom is 0.314 e. The SMILES string of the molecule is C=CCN1C[C@@]2(C(=O)O)CN(c3nccc4ccccc34)C[C@H]2C1=O. The van der Waals surface area contributed by atoms with Gasteiger partial charge in [-0.15, -0.1) is 6.58 Å². The summed E-state index contributed by atoms with van der Waals surface area (Å²) in [4.78, 5) is 32.8. The number of hydrogen-bond donors (Lipinski definition) is 1. The van der Waals surface area contributed by atoms with Crippen molar-refractivity contribution in [2.75, 3.05) is 31.1 Å². The maximum atomic E-state index is 12.7. The average Bonchev–Trinajstić information content (AvgIpc) is 3.11. The molecule has 0 saturated carbocycles. The molecule has 25 heavy (non-hydrogen) atoms. The van der Waals surface area contributed by atoms with Gasteiger partial charge in [-0.1, -0.05) is 30.3 Å². The first-order chi connectivity index (χ1) is 12.1. The number of amides is 1. The second-order valence-electron chi connectivity index (χ2n) is 6.76. The Labute approximate surface area is 145 Å². The van der Waals surface area contributed by atoms with Crippen LogP contribution in [0.2, 0.25) is 0 Å². The van der Waals surface area contributed by atoms with Crippen LogP contribution in [-0.2, 0) is 9.59 Å². The highest BCUT2D eigenvalue weighted by Gasteiger charge is 2.62. The number of fused-ring (bicyclic) bond motifs is 2. The zero-order valence-corrected chi connectivity index (χ0v) is 13.8. The third-order valence-corrected chi connectivity index (χ3v) is 5.35. The smallest absolute Gasteiger partial charge is 0.314 e. The summed E-state index contributed by atoms with van der Waals surface area (Å²) < 4.78 is 0. The number of rotatable bonds is 4. The fourth-order valence-corrected chi connectivity index (χ4v) is 4.14. The van der Waals surface area contributed by atoms with Crippen LogP contribution in [0.4, 0.5) is 5.82 Å². The largest absolute Gasteiger partial charge is 0.481 e. The van der Waals surface area contributed by atoms with E-state index in [0.29, 0.717) is 13.1 Å². The number of carboxylic acids is 1. The molecule has 2 saturated heterocycles. The van der Waals surface area contributed by atoms with E-state index < -0.39 is 17.3 Å². The van der Waals surface area contributed by atoms with Crippen LogP contribution in [0.1, 0.15) is 0 Å². The maximum absolute atomic E-state index is 12.7. The number of carbonyl (C=O) groups is 2. The lowest BCUT2D eigenvalue weighted by Gasteiger charge is -2.26. The summed E-state index contributed by atoms with van der Waals surface area (Å²) in [6.45, 7) is 4.92.